The van der Waals surface area contributed by atoms with Crippen molar-refractivity contribution < 1.29 is 13.9 Å². The monoisotopic (exact) mass is 399 g/mol. The molecule has 0 saturated heterocycles. The largest absolute Gasteiger partial charge is 0.497 e. The van der Waals surface area contributed by atoms with Crippen LogP contribution in [0.4, 0.5) is 0 Å². The standard InChI is InChI=1S/C25H21NO4/c1-16-22(27)20-9-6-10-21(24(20)30-23(16)18-7-4-3-5-8-18)25(28)26-15-17-11-13-19(29-2)14-12-17/h3-14H,15H2,1-2H3,(H,26,28). The van der Waals surface area contributed by atoms with E-state index in [9.17, 15) is 9.59 Å². The van der Waals surface area contributed by atoms with Gasteiger partial charge in [-0.25, -0.2) is 0 Å². The smallest absolute Gasteiger partial charge is 0.255 e. The molecule has 0 spiro atoms. The summed E-state index contributed by atoms with van der Waals surface area (Å²) in [6.45, 7) is 2.09. The van der Waals surface area contributed by atoms with Gasteiger partial charge in [-0.15, -0.1) is 0 Å². The quantitative estimate of drug-likeness (QED) is 0.528. The van der Waals surface area contributed by atoms with Gasteiger partial charge in [-0.3, -0.25) is 9.59 Å². The summed E-state index contributed by atoms with van der Waals surface area (Å²) < 4.78 is 11.3. The van der Waals surface area contributed by atoms with Crippen LogP contribution < -0.4 is 15.5 Å². The topological polar surface area (TPSA) is 68.5 Å². The maximum Gasteiger partial charge on any atom is 0.255 e. The van der Waals surface area contributed by atoms with E-state index in [1.165, 1.54) is 0 Å². The molecule has 1 N–H and O–H groups in total. The number of hydrogen-bond donors (Lipinski definition) is 1. The lowest BCUT2D eigenvalue weighted by atomic mass is 10.0. The molecule has 4 rings (SSSR count). The molecule has 0 atom stereocenters. The molecule has 0 saturated carbocycles. The van der Waals surface area contributed by atoms with Gasteiger partial charge in [0.25, 0.3) is 5.91 Å². The van der Waals surface area contributed by atoms with Gasteiger partial charge in [-0.05, 0) is 36.8 Å². The van der Waals surface area contributed by atoms with Crippen LogP contribution in [-0.2, 0) is 6.54 Å². The van der Waals surface area contributed by atoms with E-state index >= 15 is 0 Å². The Labute approximate surface area is 173 Å². The van der Waals surface area contributed by atoms with Gasteiger partial charge in [0.2, 0.25) is 0 Å². The Bertz CT molecular complexity index is 1260. The first kappa shape index (κ1) is 19.5. The molecule has 0 fully saturated rings. The highest BCUT2D eigenvalue weighted by atomic mass is 16.5. The first-order valence-corrected chi connectivity index (χ1v) is 9.61. The number of benzene rings is 3. The average molecular weight is 399 g/mol. The number of para-hydroxylation sites is 1. The number of amides is 1. The summed E-state index contributed by atoms with van der Waals surface area (Å²) >= 11 is 0. The van der Waals surface area contributed by atoms with Crippen molar-refractivity contribution in [3.63, 3.8) is 0 Å². The summed E-state index contributed by atoms with van der Waals surface area (Å²) in [6.07, 6.45) is 0. The number of nitrogens with one attached hydrogen (secondary N) is 1. The van der Waals surface area contributed by atoms with Crippen molar-refractivity contribution in [2.45, 2.75) is 13.5 Å². The zero-order chi connectivity index (χ0) is 21.1. The Morgan fingerprint density at radius 3 is 2.40 bits per heavy atom. The van der Waals surface area contributed by atoms with Crippen LogP contribution in [0, 0.1) is 6.92 Å². The maximum atomic E-state index is 12.9. The number of hydrogen-bond acceptors (Lipinski definition) is 4. The fourth-order valence-electron chi connectivity index (χ4n) is 3.37. The van der Waals surface area contributed by atoms with Crippen molar-refractivity contribution in [1.29, 1.82) is 0 Å². The number of ether oxygens (including phenoxy) is 1. The lowest BCUT2D eigenvalue weighted by Crippen LogP contribution is -2.23. The third kappa shape index (κ3) is 3.70. The zero-order valence-corrected chi connectivity index (χ0v) is 16.8. The highest BCUT2D eigenvalue weighted by molar-refractivity contribution is 6.05. The molecule has 5 nitrogen and oxygen atoms in total. The van der Waals surface area contributed by atoms with Crippen LogP contribution in [-0.4, -0.2) is 13.0 Å². The molecule has 1 heterocycles. The van der Waals surface area contributed by atoms with Crippen LogP contribution in [0.2, 0.25) is 0 Å². The summed E-state index contributed by atoms with van der Waals surface area (Å²) in [4.78, 5) is 25.8. The maximum absolute atomic E-state index is 12.9. The van der Waals surface area contributed by atoms with E-state index in [1.807, 2.05) is 54.6 Å². The van der Waals surface area contributed by atoms with E-state index < -0.39 is 0 Å². The van der Waals surface area contributed by atoms with Crippen LogP contribution in [0.3, 0.4) is 0 Å². The Hall–Kier alpha value is -3.86. The third-order valence-corrected chi connectivity index (χ3v) is 5.04. The van der Waals surface area contributed by atoms with Crippen molar-refractivity contribution in [2.24, 2.45) is 0 Å². The fourth-order valence-corrected chi connectivity index (χ4v) is 3.37. The van der Waals surface area contributed by atoms with Crippen molar-refractivity contribution >= 4 is 16.9 Å². The predicted molar refractivity (Wildman–Crippen MR) is 117 cm³/mol. The van der Waals surface area contributed by atoms with E-state index in [2.05, 4.69) is 5.32 Å². The van der Waals surface area contributed by atoms with E-state index in [0.717, 1.165) is 16.9 Å². The van der Waals surface area contributed by atoms with Crippen molar-refractivity contribution in [3.05, 3.63) is 99.7 Å². The van der Waals surface area contributed by atoms with Gasteiger partial charge in [-0.2, -0.15) is 0 Å². The Morgan fingerprint density at radius 2 is 1.70 bits per heavy atom. The molecule has 3 aromatic carbocycles. The highest BCUT2D eigenvalue weighted by Gasteiger charge is 2.18. The second-order valence-electron chi connectivity index (χ2n) is 6.96. The molecule has 1 amide bonds. The SMILES string of the molecule is COc1ccc(CNC(=O)c2cccc3c(=O)c(C)c(-c4ccccc4)oc23)cc1. The Balaban J connectivity index is 1.70. The lowest BCUT2D eigenvalue weighted by molar-refractivity contribution is 0.0951. The first-order valence-electron chi connectivity index (χ1n) is 9.61. The molecule has 0 aliphatic rings. The number of carbonyl (C=O) groups is 1. The molecule has 5 heteroatoms. The van der Waals surface area contributed by atoms with Gasteiger partial charge >= 0.3 is 0 Å². The Kier molecular flexibility index (Phi) is 5.35. The van der Waals surface area contributed by atoms with Gasteiger partial charge < -0.3 is 14.5 Å². The molecule has 1 aromatic heterocycles. The molecule has 0 aliphatic carbocycles. The van der Waals surface area contributed by atoms with Gasteiger partial charge in [0.05, 0.1) is 18.1 Å². The van der Waals surface area contributed by atoms with Crippen LogP contribution in [0.15, 0.2) is 82.0 Å². The van der Waals surface area contributed by atoms with Gasteiger partial charge in [-0.1, -0.05) is 48.5 Å². The molecule has 0 aliphatic heterocycles. The number of rotatable bonds is 5. The third-order valence-electron chi connectivity index (χ3n) is 5.04. The minimum absolute atomic E-state index is 0.139. The van der Waals surface area contributed by atoms with Gasteiger partial charge in [0, 0.05) is 17.7 Å². The van der Waals surface area contributed by atoms with Gasteiger partial charge in [0.1, 0.15) is 11.5 Å². The summed E-state index contributed by atoms with van der Waals surface area (Å²) in [6, 6.07) is 21.9. The molecule has 0 unspecified atom stereocenters. The minimum atomic E-state index is -0.303. The van der Waals surface area contributed by atoms with Crippen LogP contribution in [0.1, 0.15) is 21.5 Å². The molecule has 0 bridgehead atoms. The van der Waals surface area contributed by atoms with Crippen LogP contribution in [0.5, 0.6) is 5.75 Å². The summed E-state index contributed by atoms with van der Waals surface area (Å²) in [5.74, 6) is 0.927. The summed E-state index contributed by atoms with van der Waals surface area (Å²) in [7, 11) is 1.61. The molecule has 0 radical (unpaired) electrons. The van der Waals surface area contributed by atoms with Gasteiger partial charge in [0.15, 0.2) is 11.0 Å². The van der Waals surface area contributed by atoms with E-state index in [1.54, 1.807) is 32.2 Å². The number of fused-ring (bicyclic) bond motifs is 1. The van der Waals surface area contributed by atoms with E-state index in [0.29, 0.717) is 34.4 Å². The summed E-state index contributed by atoms with van der Waals surface area (Å²) in [5.41, 5.74) is 2.73. The second kappa shape index (κ2) is 8.25. The van der Waals surface area contributed by atoms with E-state index in [-0.39, 0.29) is 11.3 Å². The lowest BCUT2D eigenvalue weighted by Gasteiger charge is -2.11. The number of methoxy groups -OCH3 is 1. The predicted octanol–water partition coefficient (Wildman–Crippen LogP) is 4.71. The molecule has 30 heavy (non-hydrogen) atoms. The average Bonchev–Trinajstić information content (AvgIpc) is 2.80. The van der Waals surface area contributed by atoms with E-state index in [4.69, 9.17) is 9.15 Å². The van der Waals surface area contributed by atoms with Crippen molar-refractivity contribution in [3.8, 4) is 17.1 Å². The molecule has 150 valence electrons. The fraction of sp³-hybridized carbons (Fsp3) is 0.120. The Morgan fingerprint density at radius 1 is 0.967 bits per heavy atom. The molecular formula is C25H21NO4. The van der Waals surface area contributed by atoms with Crippen LogP contribution in [0.25, 0.3) is 22.3 Å². The number of carbonyl (C=O) groups excluding carboxylic acids is 1. The zero-order valence-electron chi connectivity index (χ0n) is 16.8. The molecule has 4 aromatic rings. The second-order valence-corrected chi connectivity index (χ2v) is 6.96. The minimum Gasteiger partial charge on any atom is -0.497 e. The highest BCUT2D eigenvalue weighted by Crippen LogP contribution is 2.27. The van der Waals surface area contributed by atoms with Crippen molar-refractivity contribution in [1.82, 2.24) is 5.32 Å². The summed E-state index contributed by atoms with van der Waals surface area (Å²) in [5, 5.41) is 3.29. The first-order chi connectivity index (χ1) is 14.6. The van der Waals surface area contributed by atoms with Crippen molar-refractivity contribution in [2.75, 3.05) is 7.11 Å². The normalized spacial score (nSPS) is 10.7. The van der Waals surface area contributed by atoms with Crippen LogP contribution >= 0.6 is 0 Å². The molecular weight excluding hydrogens is 378 g/mol.